The fourth-order valence-corrected chi connectivity index (χ4v) is 4.70. The molecule has 116 valence electrons. The highest BCUT2D eigenvalue weighted by atomic mass is 32.2. The van der Waals surface area contributed by atoms with E-state index in [9.17, 15) is 8.42 Å². The number of fused-ring (bicyclic) bond motifs is 3. The first kappa shape index (κ1) is 15.0. The van der Waals surface area contributed by atoms with E-state index in [4.69, 9.17) is 0 Å². The molecule has 1 aromatic rings. The summed E-state index contributed by atoms with van der Waals surface area (Å²) in [6.45, 7) is 6.64. The van der Waals surface area contributed by atoms with Crippen LogP contribution in [0.3, 0.4) is 0 Å². The largest absolute Gasteiger partial charge is 0.293 e. The Morgan fingerprint density at radius 2 is 1.95 bits per heavy atom. The second-order valence-corrected chi connectivity index (χ2v) is 7.84. The summed E-state index contributed by atoms with van der Waals surface area (Å²) >= 11 is 0. The topological polar surface area (TPSA) is 52.7 Å². The van der Waals surface area contributed by atoms with Gasteiger partial charge in [0.05, 0.1) is 0 Å². The van der Waals surface area contributed by atoms with Crippen molar-refractivity contribution in [3.63, 3.8) is 0 Å². The van der Waals surface area contributed by atoms with E-state index in [-0.39, 0.29) is 12.1 Å². The molecule has 1 fully saturated rings. The number of nitrogens with zero attached hydrogens (tertiary/aromatic N) is 2. The predicted octanol–water partition coefficient (Wildman–Crippen LogP) is 1.14. The number of rotatable bonds is 3. The fraction of sp³-hybridized carbons (Fsp3) is 0.600. The van der Waals surface area contributed by atoms with Crippen molar-refractivity contribution in [2.75, 3.05) is 26.2 Å². The van der Waals surface area contributed by atoms with E-state index in [1.807, 2.05) is 19.9 Å². The lowest BCUT2D eigenvalue weighted by molar-refractivity contribution is 0.109. The zero-order valence-electron chi connectivity index (χ0n) is 12.6. The van der Waals surface area contributed by atoms with Gasteiger partial charge >= 0.3 is 0 Å². The summed E-state index contributed by atoms with van der Waals surface area (Å²) in [5, 5.41) is 0. The van der Waals surface area contributed by atoms with Crippen LogP contribution in [-0.4, -0.2) is 49.8 Å². The van der Waals surface area contributed by atoms with E-state index in [0.717, 1.165) is 19.5 Å². The van der Waals surface area contributed by atoms with Gasteiger partial charge in [-0.15, -0.1) is 0 Å². The highest BCUT2D eigenvalue weighted by Gasteiger charge is 2.36. The highest BCUT2D eigenvalue weighted by Crippen LogP contribution is 2.32. The maximum atomic E-state index is 12.4. The molecule has 1 atom stereocenters. The van der Waals surface area contributed by atoms with Crippen molar-refractivity contribution in [3.05, 3.63) is 35.4 Å². The van der Waals surface area contributed by atoms with Crippen LogP contribution in [-0.2, 0) is 16.6 Å². The summed E-state index contributed by atoms with van der Waals surface area (Å²) in [6.07, 6.45) is 1.06. The minimum atomic E-state index is -3.38. The lowest BCUT2D eigenvalue weighted by Crippen LogP contribution is -2.55. The third kappa shape index (κ3) is 2.99. The number of piperazine rings is 1. The van der Waals surface area contributed by atoms with Gasteiger partial charge in [0.15, 0.2) is 0 Å². The maximum absolute atomic E-state index is 12.4. The van der Waals surface area contributed by atoms with E-state index >= 15 is 0 Å². The van der Waals surface area contributed by atoms with Crippen molar-refractivity contribution in [2.24, 2.45) is 0 Å². The SMILES string of the molecule is CC(C)NS(=O)(=O)N1CCN2CCc3ccccc3C2C1. The average molecular weight is 309 g/mol. The minimum Gasteiger partial charge on any atom is -0.293 e. The Hall–Kier alpha value is -0.950. The Balaban J connectivity index is 1.84. The van der Waals surface area contributed by atoms with Crippen molar-refractivity contribution in [1.82, 2.24) is 13.9 Å². The van der Waals surface area contributed by atoms with Crippen molar-refractivity contribution < 1.29 is 8.42 Å². The van der Waals surface area contributed by atoms with Crippen molar-refractivity contribution in [2.45, 2.75) is 32.4 Å². The molecule has 2 aliphatic rings. The van der Waals surface area contributed by atoms with Gasteiger partial charge in [0.1, 0.15) is 0 Å². The van der Waals surface area contributed by atoms with E-state index < -0.39 is 10.2 Å². The van der Waals surface area contributed by atoms with E-state index in [1.54, 1.807) is 4.31 Å². The van der Waals surface area contributed by atoms with Crippen LogP contribution in [0, 0.1) is 0 Å². The normalized spacial score (nSPS) is 23.9. The molecule has 6 heteroatoms. The predicted molar refractivity (Wildman–Crippen MR) is 83.2 cm³/mol. The lowest BCUT2D eigenvalue weighted by Gasteiger charge is -2.44. The number of nitrogens with one attached hydrogen (secondary N) is 1. The van der Waals surface area contributed by atoms with Gasteiger partial charge in [-0.2, -0.15) is 17.4 Å². The third-order valence-corrected chi connectivity index (χ3v) is 6.04. The summed E-state index contributed by atoms with van der Waals surface area (Å²) in [4.78, 5) is 2.41. The molecule has 0 radical (unpaired) electrons. The van der Waals surface area contributed by atoms with Gasteiger partial charge in [-0.05, 0) is 31.4 Å². The summed E-state index contributed by atoms with van der Waals surface area (Å²) in [6, 6.07) is 8.51. The molecule has 1 saturated heterocycles. The molecule has 1 unspecified atom stereocenters. The molecule has 21 heavy (non-hydrogen) atoms. The van der Waals surface area contributed by atoms with Crippen molar-refractivity contribution in [1.29, 1.82) is 0 Å². The molecular formula is C15H23N3O2S. The Kier molecular flexibility index (Phi) is 4.05. The van der Waals surface area contributed by atoms with Crippen LogP contribution in [0.4, 0.5) is 0 Å². The first-order valence-electron chi connectivity index (χ1n) is 7.56. The molecule has 1 aromatic carbocycles. The maximum Gasteiger partial charge on any atom is 0.279 e. The molecule has 0 aliphatic carbocycles. The zero-order valence-corrected chi connectivity index (χ0v) is 13.4. The lowest BCUT2D eigenvalue weighted by atomic mass is 9.91. The smallest absolute Gasteiger partial charge is 0.279 e. The first-order chi connectivity index (χ1) is 9.97. The molecule has 1 N–H and O–H groups in total. The second-order valence-electron chi connectivity index (χ2n) is 6.14. The first-order valence-corrected chi connectivity index (χ1v) is 9.00. The Labute approximate surface area is 127 Å². The van der Waals surface area contributed by atoms with E-state index in [1.165, 1.54) is 11.1 Å². The minimum absolute atomic E-state index is 0.0772. The van der Waals surface area contributed by atoms with Crippen molar-refractivity contribution >= 4 is 10.2 Å². The van der Waals surface area contributed by atoms with Gasteiger partial charge in [0.2, 0.25) is 0 Å². The van der Waals surface area contributed by atoms with E-state index in [2.05, 4.69) is 27.8 Å². The average Bonchev–Trinajstić information content (AvgIpc) is 2.45. The molecular weight excluding hydrogens is 286 g/mol. The monoisotopic (exact) mass is 309 g/mol. The number of hydrogen-bond donors (Lipinski definition) is 1. The molecule has 5 nitrogen and oxygen atoms in total. The van der Waals surface area contributed by atoms with Gasteiger partial charge < -0.3 is 0 Å². The standard InChI is InChI=1S/C15H23N3O2S/c1-12(2)16-21(19,20)18-10-9-17-8-7-13-5-3-4-6-14(13)15(17)11-18/h3-6,12,15-16H,7-11H2,1-2H3. The highest BCUT2D eigenvalue weighted by molar-refractivity contribution is 7.87. The van der Waals surface area contributed by atoms with Crippen LogP contribution < -0.4 is 4.72 Å². The molecule has 0 amide bonds. The third-order valence-electron chi connectivity index (χ3n) is 4.26. The molecule has 0 aromatic heterocycles. The molecule has 0 saturated carbocycles. The van der Waals surface area contributed by atoms with E-state index in [0.29, 0.717) is 13.1 Å². The quantitative estimate of drug-likeness (QED) is 0.911. The Morgan fingerprint density at radius 3 is 2.71 bits per heavy atom. The van der Waals surface area contributed by atoms with Crippen LogP contribution in [0.1, 0.15) is 31.0 Å². The summed E-state index contributed by atoms with van der Waals surface area (Å²) in [7, 11) is -3.38. The summed E-state index contributed by atoms with van der Waals surface area (Å²) in [5.74, 6) is 0. The number of hydrogen-bond acceptors (Lipinski definition) is 3. The van der Waals surface area contributed by atoms with Crippen molar-refractivity contribution in [3.8, 4) is 0 Å². The Morgan fingerprint density at radius 1 is 1.19 bits per heavy atom. The van der Waals surface area contributed by atoms with Crippen LogP contribution >= 0.6 is 0 Å². The summed E-state index contributed by atoms with van der Waals surface area (Å²) in [5.41, 5.74) is 2.64. The summed E-state index contributed by atoms with van der Waals surface area (Å²) < 4.78 is 29.0. The van der Waals surface area contributed by atoms with Gasteiger partial charge in [0, 0.05) is 38.3 Å². The van der Waals surface area contributed by atoms with Gasteiger partial charge in [0.25, 0.3) is 10.2 Å². The molecule has 2 aliphatic heterocycles. The molecule has 0 spiro atoms. The van der Waals surface area contributed by atoms with Gasteiger partial charge in [-0.3, -0.25) is 4.90 Å². The molecule has 3 rings (SSSR count). The molecule has 0 bridgehead atoms. The van der Waals surface area contributed by atoms with Crippen LogP contribution in [0.2, 0.25) is 0 Å². The van der Waals surface area contributed by atoms with Crippen LogP contribution in [0.25, 0.3) is 0 Å². The van der Waals surface area contributed by atoms with Gasteiger partial charge in [-0.25, -0.2) is 0 Å². The second kappa shape index (κ2) is 5.68. The van der Waals surface area contributed by atoms with Gasteiger partial charge in [-0.1, -0.05) is 24.3 Å². The fourth-order valence-electron chi connectivity index (χ4n) is 3.30. The Bertz CT molecular complexity index is 615. The number of benzene rings is 1. The molecule has 2 heterocycles. The zero-order chi connectivity index (χ0) is 15.0. The van der Waals surface area contributed by atoms with Crippen LogP contribution in [0.5, 0.6) is 0 Å². The van der Waals surface area contributed by atoms with Crippen LogP contribution in [0.15, 0.2) is 24.3 Å².